The van der Waals surface area contributed by atoms with Crippen molar-refractivity contribution in [3.63, 3.8) is 0 Å². The molecule has 1 unspecified atom stereocenters. The third-order valence-electron chi connectivity index (χ3n) is 4.13. The van der Waals surface area contributed by atoms with Gasteiger partial charge in [-0.05, 0) is 34.6 Å². The Balaban J connectivity index is 1.72. The van der Waals surface area contributed by atoms with Crippen molar-refractivity contribution in [2.24, 2.45) is 5.92 Å². The van der Waals surface area contributed by atoms with E-state index in [1.807, 2.05) is 34.6 Å². The fourth-order valence-electron chi connectivity index (χ4n) is 3.28. The van der Waals surface area contributed by atoms with E-state index in [1.165, 1.54) is 0 Å². The molecule has 122 valence electrons. The molecule has 0 aromatic rings. The van der Waals surface area contributed by atoms with Crippen molar-refractivity contribution < 1.29 is 28.4 Å². The van der Waals surface area contributed by atoms with Gasteiger partial charge in [-0.2, -0.15) is 0 Å². The summed E-state index contributed by atoms with van der Waals surface area (Å²) in [6.07, 6.45) is -0.734. The topological polar surface area (TPSA) is 55.4 Å². The maximum atomic E-state index is 6.08. The highest BCUT2D eigenvalue weighted by Crippen LogP contribution is 2.43. The molecule has 3 heterocycles. The van der Waals surface area contributed by atoms with Crippen molar-refractivity contribution in [2.45, 2.75) is 70.8 Å². The van der Waals surface area contributed by atoms with Gasteiger partial charge in [-0.15, -0.1) is 0 Å². The normalized spacial score (nSPS) is 44.1. The van der Waals surface area contributed by atoms with E-state index in [4.69, 9.17) is 28.4 Å². The number of rotatable bonds is 4. The molecule has 0 bridgehead atoms. The summed E-state index contributed by atoms with van der Waals surface area (Å²) < 4.78 is 35.1. The van der Waals surface area contributed by atoms with E-state index in [0.29, 0.717) is 19.8 Å². The van der Waals surface area contributed by atoms with Crippen molar-refractivity contribution in [1.82, 2.24) is 0 Å². The predicted octanol–water partition coefficient (Wildman–Crippen LogP) is 1.67. The van der Waals surface area contributed by atoms with E-state index in [0.717, 1.165) is 0 Å². The Morgan fingerprint density at radius 3 is 2.38 bits per heavy atom. The van der Waals surface area contributed by atoms with Crippen LogP contribution in [0.25, 0.3) is 0 Å². The molecule has 0 N–H and O–H groups in total. The summed E-state index contributed by atoms with van der Waals surface area (Å²) in [5.74, 6) is -1.10. The lowest BCUT2D eigenvalue weighted by molar-refractivity contribution is -0.229. The van der Waals surface area contributed by atoms with Gasteiger partial charge in [0.05, 0.1) is 19.3 Å². The zero-order chi connectivity index (χ0) is 15.3. The van der Waals surface area contributed by atoms with Crippen LogP contribution in [0.2, 0.25) is 0 Å². The lowest BCUT2D eigenvalue weighted by Crippen LogP contribution is -2.41. The van der Waals surface area contributed by atoms with Crippen molar-refractivity contribution in [1.29, 1.82) is 0 Å². The summed E-state index contributed by atoms with van der Waals surface area (Å²) in [6.45, 7) is 11.4. The molecule has 3 rings (SSSR count). The first-order valence-corrected chi connectivity index (χ1v) is 7.72. The van der Waals surface area contributed by atoms with Gasteiger partial charge in [0.15, 0.2) is 17.9 Å². The van der Waals surface area contributed by atoms with Crippen LogP contribution in [0.4, 0.5) is 0 Å². The SMILES string of the molecule is CCOC[C@H]1[C@H]2OC(C)(C)O[C@H]2O[C@@H]1C1COC(C)(C)O1. The fraction of sp³-hybridized carbons (Fsp3) is 1.00. The minimum absolute atomic E-state index is 0.0826. The van der Waals surface area contributed by atoms with E-state index in [9.17, 15) is 0 Å². The predicted molar refractivity (Wildman–Crippen MR) is 73.6 cm³/mol. The Morgan fingerprint density at radius 2 is 1.76 bits per heavy atom. The molecule has 0 amide bonds. The van der Waals surface area contributed by atoms with E-state index in [-0.39, 0.29) is 30.5 Å². The van der Waals surface area contributed by atoms with Crippen LogP contribution in [0, 0.1) is 5.92 Å². The Hall–Kier alpha value is -0.240. The smallest absolute Gasteiger partial charge is 0.188 e. The third kappa shape index (κ3) is 3.11. The number of ether oxygens (including phenoxy) is 6. The third-order valence-corrected chi connectivity index (χ3v) is 4.13. The molecule has 0 aromatic heterocycles. The average molecular weight is 302 g/mol. The number of hydrogen-bond donors (Lipinski definition) is 0. The molecule has 0 aromatic carbocycles. The summed E-state index contributed by atoms with van der Waals surface area (Å²) in [5, 5.41) is 0. The van der Waals surface area contributed by atoms with Gasteiger partial charge in [0.2, 0.25) is 0 Å². The van der Waals surface area contributed by atoms with Gasteiger partial charge >= 0.3 is 0 Å². The largest absolute Gasteiger partial charge is 0.381 e. The zero-order valence-electron chi connectivity index (χ0n) is 13.5. The Morgan fingerprint density at radius 1 is 1.00 bits per heavy atom. The van der Waals surface area contributed by atoms with Crippen LogP contribution in [-0.2, 0) is 28.4 Å². The van der Waals surface area contributed by atoms with Gasteiger partial charge in [-0.3, -0.25) is 0 Å². The van der Waals surface area contributed by atoms with E-state index >= 15 is 0 Å². The number of hydrogen-bond acceptors (Lipinski definition) is 6. The lowest BCUT2D eigenvalue weighted by Gasteiger charge is -2.28. The van der Waals surface area contributed by atoms with E-state index in [2.05, 4.69) is 0 Å². The van der Waals surface area contributed by atoms with Crippen molar-refractivity contribution in [3.05, 3.63) is 0 Å². The second-order valence-electron chi connectivity index (χ2n) is 6.76. The quantitative estimate of drug-likeness (QED) is 0.787. The van der Waals surface area contributed by atoms with Crippen LogP contribution in [-0.4, -0.2) is 56.0 Å². The molecule has 0 spiro atoms. The first-order valence-electron chi connectivity index (χ1n) is 7.72. The second-order valence-corrected chi connectivity index (χ2v) is 6.76. The van der Waals surface area contributed by atoms with Crippen molar-refractivity contribution in [2.75, 3.05) is 19.8 Å². The first-order chi connectivity index (χ1) is 9.81. The Labute approximate surface area is 126 Å². The first kappa shape index (κ1) is 15.6. The molecule has 3 saturated heterocycles. The van der Waals surface area contributed by atoms with Gasteiger partial charge in [0.1, 0.15) is 12.2 Å². The van der Waals surface area contributed by atoms with Gasteiger partial charge in [-0.25, -0.2) is 0 Å². The summed E-state index contributed by atoms with van der Waals surface area (Å²) in [6, 6.07) is 0. The highest BCUT2D eigenvalue weighted by Gasteiger charge is 2.58. The summed E-state index contributed by atoms with van der Waals surface area (Å²) in [5.41, 5.74) is 0. The van der Waals surface area contributed by atoms with Crippen LogP contribution >= 0.6 is 0 Å². The van der Waals surface area contributed by atoms with Crippen molar-refractivity contribution >= 4 is 0 Å². The summed E-state index contributed by atoms with van der Waals surface area (Å²) in [4.78, 5) is 0. The lowest BCUT2D eigenvalue weighted by atomic mass is 9.95. The zero-order valence-corrected chi connectivity index (χ0v) is 13.5. The van der Waals surface area contributed by atoms with Crippen LogP contribution in [0.15, 0.2) is 0 Å². The van der Waals surface area contributed by atoms with Crippen molar-refractivity contribution in [3.8, 4) is 0 Å². The van der Waals surface area contributed by atoms with E-state index in [1.54, 1.807) is 0 Å². The summed E-state index contributed by atoms with van der Waals surface area (Å²) in [7, 11) is 0. The minimum atomic E-state index is -0.614. The molecule has 0 aliphatic carbocycles. The average Bonchev–Trinajstić information content (AvgIpc) is 2.96. The van der Waals surface area contributed by atoms with Crippen LogP contribution in [0.1, 0.15) is 34.6 Å². The molecule has 6 nitrogen and oxygen atoms in total. The number of fused-ring (bicyclic) bond motifs is 1. The molecule has 21 heavy (non-hydrogen) atoms. The molecular formula is C15H26O6. The maximum absolute atomic E-state index is 6.08. The molecule has 0 saturated carbocycles. The standard InChI is InChI=1S/C15H26O6/c1-6-16-7-9-11(10-8-17-14(2,3)19-10)18-13-12(9)20-15(4,5)21-13/h9-13H,6-8H2,1-5H3/t9-,10?,11+,12-,13-/m1/s1. The molecular weight excluding hydrogens is 276 g/mol. The van der Waals surface area contributed by atoms with Gasteiger partial charge in [-0.1, -0.05) is 0 Å². The molecule has 0 radical (unpaired) electrons. The summed E-state index contributed by atoms with van der Waals surface area (Å²) >= 11 is 0. The minimum Gasteiger partial charge on any atom is -0.381 e. The molecule has 5 atom stereocenters. The maximum Gasteiger partial charge on any atom is 0.188 e. The van der Waals surface area contributed by atoms with Crippen LogP contribution in [0.5, 0.6) is 0 Å². The second kappa shape index (κ2) is 5.44. The Kier molecular flexibility index (Phi) is 4.05. The molecule has 3 aliphatic heterocycles. The highest BCUT2D eigenvalue weighted by atomic mass is 16.8. The highest BCUT2D eigenvalue weighted by molar-refractivity contribution is 4.97. The molecule has 3 fully saturated rings. The van der Waals surface area contributed by atoms with Crippen LogP contribution in [0.3, 0.4) is 0 Å². The Bertz CT molecular complexity index is 382. The van der Waals surface area contributed by atoms with Gasteiger partial charge in [0.25, 0.3) is 0 Å². The molecule has 6 heteroatoms. The molecule has 3 aliphatic rings. The van der Waals surface area contributed by atoms with Gasteiger partial charge < -0.3 is 28.4 Å². The van der Waals surface area contributed by atoms with E-state index < -0.39 is 11.6 Å². The van der Waals surface area contributed by atoms with Crippen LogP contribution < -0.4 is 0 Å². The fourth-order valence-corrected chi connectivity index (χ4v) is 3.28. The monoisotopic (exact) mass is 302 g/mol. The van der Waals surface area contributed by atoms with Gasteiger partial charge in [0, 0.05) is 12.5 Å².